The first-order valence-electron chi connectivity index (χ1n) is 10.3. The third-order valence-corrected chi connectivity index (χ3v) is 6.76. The SMILES string of the molecule is CCC1(C(=O)O)C(/C=N\O)NC(C)C(CC(C)C)(C(=O)O)C1c1cccc2nonc12. The number of carbonyl (C=O) groups is 2. The van der Waals surface area contributed by atoms with Crippen molar-refractivity contribution in [3.8, 4) is 0 Å². The zero-order valence-electron chi connectivity index (χ0n) is 17.9. The zero-order valence-corrected chi connectivity index (χ0v) is 17.9. The van der Waals surface area contributed by atoms with Gasteiger partial charge in [-0.05, 0) is 47.6 Å². The highest BCUT2D eigenvalue weighted by Gasteiger charge is 2.67. The molecule has 0 bridgehead atoms. The van der Waals surface area contributed by atoms with Gasteiger partial charge in [0.15, 0.2) is 0 Å². The largest absolute Gasteiger partial charge is 0.481 e. The number of fused-ring (bicyclic) bond motifs is 1. The van der Waals surface area contributed by atoms with Crippen LogP contribution in [-0.4, -0.2) is 56.0 Å². The van der Waals surface area contributed by atoms with Crippen LogP contribution in [0.2, 0.25) is 0 Å². The topological polar surface area (TPSA) is 158 Å². The van der Waals surface area contributed by atoms with E-state index >= 15 is 0 Å². The molecule has 2 aromatic rings. The van der Waals surface area contributed by atoms with Crippen molar-refractivity contribution in [2.24, 2.45) is 21.9 Å². The second-order valence-corrected chi connectivity index (χ2v) is 8.69. The highest BCUT2D eigenvalue weighted by atomic mass is 16.6. The summed E-state index contributed by atoms with van der Waals surface area (Å²) in [6.07, 6.45) is 1.43. The molecule has 1 aliphatic rings. The third-order valence-electron chi connectivity index (χ3n) is 6.76. The Hall–Kier alpha value is -3.01. The molecule has 0 aliphatic carbocycles. The van der Waals surface area contributed by atoms with E-state index in [0.29, 0.717) is 16.6 Å². The normalized spacial score (nSPS) is 31.5. The minimum atomic E-state index is -1.64. The van der Waals surface area contributed by atoms with Gasteiger partial charge in [-0.3, -0.25) is 9.59 Å². The molecule has 0 radical (unpaired) electrons. The fourth-order valence-corrected chi connectivity index (χ4v) is 5.51. The van der Waals surface area contributed by atoms with Gasteiger partial charge in [-0.1, -0.05) is 32.9 Å². The molecule has 1 aromatic heterocycles. The zero-order chi connectivity index (χ0) is 23.0. The number of nitrogens with zero attached hydrogens (tertiary/aromatic N) is 3. The van der Waals surface area contributed by atoms with Crippen LogP contribution in [0.3, 0.4) is 0 Å². The van der Waals surface area contributed by atoms with Crippen molar-refractivity contribution in [2.75, 3.05) is 0 Å². The minimum Gasteiger partial charge on any atom is -0.481 e. The third kappa shape index (κ3) is 3.25. The van der Waals surface area contributed by atoms with Gasteiger partial charge in [0.1, 0.15) is 11.0 Å². The van der Waals surface area contributed by atoms with Gasteiger partial charge in [-0.25, -0.2) is 4.63 Å². The Bertz CT molecular complexity index is 1000. The van der Waals surface area contributed by atoms with Crippen LogP contribution >= 0.6 is 0 Å². The molecule has 5 atom stereocenters. The lowest BCUT2D eigenvalue weighted by molar-refractivity contribution is -0.172. The number of aliphatic carboxylic acids is 2. The van der Waals surface area contributed by atoms with E-state index in [0.717, 1.165) is 6.21 Å². The number of aromatic nitrogens is 2. The second-order valence-electron chi connectivity index (χ2n) is 8.69. The molecule has 1 saturated heterocycles. The van der Waals surface area contributed by atoms with E-state index in [1.54, 1.807) is 32.0 Å². The molecule has 5 unspecified atom stereocenters. The number of nitrogens with one attached hydrogen (secondary N) is 1. The molecule has 0 spiro atoms. The maximum absolute atomic E-state index is 13.0. The van der Waals surface area contributed by atoms with Crippen LogP contribution in [0.25, 0.3) is 11.0 Å². The van der Waals surface area contributed by atoms with Crippen molar-refractivity contribution in [1.82, 2.24) is 15.6 Å². The molecule has 10 nitrogen and oxygen atoms in total. The van der Waals surface area contributed by atoms with Gasteiger partial charge in [-0.2, -0.15) is 0 Å². The van der Waals surface area contributed by atoms with E-state index in [2.05, 4.69) is 20.8 Å². The van der Waals surface area contributed by atoms with E-state index in [1.165, 1.54) is 0 Å². The number of rotatable bonds is 7. The average Bonchev–Trinajstić information content (AvgIpc) is 3.18. The number of oxime groups is 1. The first-order chi connectivity index (χ1) is 14.7. The van der Waals surface area contributed by atoms with Crippen molar-refractivity contribution in [3.63, 3.8) is 0 Å². The van der Waals surface area contributed by atoms with Gasteiger partial charge < -0.3 is 20.7 Å². The fraction of sp³-hybridized carbons (Fsp3) is 0.571. The van der Waals surface area contributed by atoms with Crippen molar-refractivity contribution in [2.45, 2.75) is 58.5 Å². The highest BCUT2D eigenvalue weighted by molar-refractivity contribution is 5.90. The summed E-state index contributed by atoms with van der Waals surface area (Å²) in [7, 11) is 0. The van der Waals surface area contributed by atoms with Crippen molar-refractivity contribution >= 4 is 29.2 Å². The van der Waals surface area contributed by atoms with Crippen LogP contribution in [0.5, 0.6) is 0 Å². The van der Waals surface area contributed by atoms with E-state index in [9.17, 15) is 25.0 Å². The summed E-state index contributed by atoms with van der Waals surface area (Å²) in [5.74, 6) is -3.34. The summed E-state index contributed by atoms with van der Waals surface area (Å²) in [5, 5.41) is 44.5. The standard InChI is InChI=1S/C21H28N4O6/c1-5-20(18(26)27)15(10-22-30)23-12(4)21(19(28)29,9-11(2)3)17(20)13-7-6-8-14-16(13)25-31-24-14/h6-8,10-12,15,17,23,30H,5,9H2,1-4H3,(H,26,27)(H,28,29)/b22-10-. The van der Waals surface area contributed by atoms with Crippen LogP contribution in [-0.2, 0) is 9.59 Å². The average molecular weight is 432 g/mol. The molecule has 10 heteroatoms. The van der Waals surface area contributed by atoms with Gasteiger partial charge in [0.05, 0.1) is 23.1 Å². The van der Waals surface area contributed by atoms with E-state index in [1.807, 2.05) is 13.8 Å². The van der Waals surface area contributed by atoms with Crippen LogP contribution in [0.4, 0.5) is 0 Å². The molecule has 31 heavy (non-hydrogen) atoms. The molecular weight excluding hydrogens is 404 g/mol. The Morgan fingerprint density at radius 3 is 2.48 bits per heavy atom. The molecule has 1 fully saturated rings. The Labute approximate surface area is 179 Å². The number of hydrogen-bond acceptors (Lipinski definition) is 8. The quantitative estimate of drug-likeness (QED) is 0.293. The molecular formula is C21H28N4O6. The van der Waals surface area contributed by atoms with Crippen LogP contribution < -0.4 is 5.32 Å². The maximum Gasteiger partial charge on any atom is 0.312 e. The van der Waals surface area contributed by atoms with Crippen molar-refractivity contribution in [1.29, 1.82) is 0 Å². The maximum atomic E-state index is 13.0. The summed E-state index contributed by atoms with van der Waals surface area (Å²) in [4.78, 5) is 25.9. The predicted octanol–water partition coefficient (Wildman–Crippen LogP) is 2.72. The van der Waals surface area contributed by atoms with E-state index < -0.39 is 40.8 Å². The smallest absolute Gasteiger partial charge is 0.312 e. The Morgan fingerprint density at radius 2 is 1.94 bits per heavy atom. The molecule has 4 N–H and O–H groups in total. The Morgan fingerprint density at radius 1 is 1.26 bits per heavy atom. The highest BCUT2D eigenvalue weighted by Crippen LogP contribution is 2.59. The number of carboxylic acids is 2. The van der Waals surface area contributed by atoms with Gasteiger partial charge >= 0.3 is 11.9 Å². The molecule has 3 rings (SSSR count). The summed E-state index contributed by atoms with van der Waals surface area (Å²) in [6.45, 7) is 7.23. The summed E-state index contributed by atoms with van der Waals surface area (Å²) < 4.78 is 4.89. The van der Waals surface area contributed by atoms with Gasteiger partial charge in [-0.15, -0.1) is 5.16 Å². The summed E-state index contributed by atoms with van der Waals surface area (Å²) >= 11 is 0. The first-order valence-corrected chi connectivity index (χ1v) is 10.3. The number of carboxylic acid groups (broad SMARTS) is 2. The number of piperidine rings is 1. The molecule has 1 aliphatic heterocycles. The predicted molar refractivity (Wildman–Crippen MR) is 111 cm³/mol. The molecule has 2 heterocycles. The Balaban J connectivity index is 2.47. The van der Waals surface area contributed by atoms with Crippen molar-refractivity contribution in [3.05, 3.63) is 23.8 Å². The molecule has 0 saturated carbocycles. The summed E-state index contributed by atoms with van der Waals surface area (Å²) in [6, 6.07) is 3.48. The first kappa shape index (κ1) is 22.7. The lowest BCUT2D eigenvalue weighted by Gasteiger charge is -2.57. The molecule has 1 aromatic carbocycles. The van der Waals surface area contributed by atoms with Crippen LogP contribution in [0.1, 0.15) is 52.0 Å². The van der Waals surface area contributed by atoms with E-state index in [-0.39, 0.29) is 18.8 Å². The number of hydrogen-bond donors (Lipinski definition) is 4. The lowest BCUT2D eigenvalue weighted by Crippen LogP contribution is -2.71. The van der Waals surface area contributed by atoms with Gasteiger partial charge in [0, 0.05) is 12.0 Å². The van der Waals surface area contributed by atoms with Gasteiger partial charge in [0.25, 0.3) is 0 Å². The fourth-order valence-electron chi connectivity index (χ4n) is 5.51. The monoisotopic (exact) mass is 432 g/mol. The minimum absolute atomic E-state index is 0.0381. The number of benzene rings is 1. The van der Waals surface area contributed by atoms with Crippen LogP contribution in [0.15, 0.2) is 28.0 Å². The van der Waals surface area contributed by atoms with Crippen molar-refractivity contribution < 1.29 is 29.6 Å². The molecule has 168 valence electrons. The van der Waals surface area contributed by atoms with Crippen LogP contribution in [0, 0.1) is 16.7 Å². The molecule has 0 amide bonds. The lowest BCUT2D eigenvalue weighted by atomic mass is 9.49. The van der Waals surface area contributed by atoms with E-state index in [4.69, 9.17) is 4.63 Å². The Kier molecular flexibility index (Phi) is 6.04. The van der Waals surface area contributed by atoms with Gasteiger partial charge in [0.2, 0.25) is 0 Å². The second kappa shape index (κ2) is 8.26. The summed E-state index contributed by atoms with van der Waals surface area (Å²) in [5.41, 5.74) is -1.95.